The highest BCUT2D eigenvalue weighted by Gasteiger charge is 2.31. The van der Waals surface area contributed by atoms with E-state index in [4.69, 9.17) is 35.4 Å². The molecule has 1 aromatic rings. The van der Waals surface area contributed by atoms with E-state index < -0.39 is 5.97 Å². The molecular weight excluding hydrogens is 389 g/mol. The third-order valence-corrected chi connectivity index (χ3v) is 5.45. The average Bonchev–Trinajstić information content (AvgIpc) is 2.77. The number of thiocarbonyl (C=S) groups is 1. The second kappa shape index (κ2) is 8.85. The van der Waals surface area contributed by atoms with E-state index in [1.165, 1.54) is 16.7 Å². The Morgan fingerprint density at radius 1 is 1.25 bits per heavy atom. The van der Waals surface area contributed by atoms with E-state index in [1.54, 1.807) is 24.3 Å². The number of carbonyl (C=O) groups is 2. The van der Waals surface area contributed by atoms with Crippen LogP contribution in [0.4, 0.5) is 0 Å². The lowest BCUT2D eigenvalue weighted by Gasteiger charge is -2.14. The van der Waals surface area contributed by atoms with Crippen LogP contribution in [0.25, 0.3) is 6.08 Å². The van der Waals surface area contributed by atoms with Crippen LogP contribution in [0.5, 0.6) is 0 Å². The number of thioether (sulfide) groups is 1. The Morgan fingerprint density at radius 3 is 2.54 bits per heavy atom. The minimum absolute atomic E-state index is 0.0311. The van der Waals surface area contributed by atoms with E-state index in [0.29, 0.717) is 50.6 Å². The zero-order valence-electron chi connectivity index (χ0n) is 12.6. The quantitative estimate of drug-likeness (QED) is 0.396. The van der Waals surface area contributed by atoms with E-state index in [2.05, 4.69) is 0 Å². The number of carboxylic acid groups (broad SMARTS) is 1. The van der Waals surface area contributed by atoms with Crippen molar-refractivity contribution in [1.29, 1.82) is 0 Å². The number of halogens is 2. The van der Waals surface area contributed by atoms with Crippen molar-refractivity contribution in [2.24, 2.45) is 0 Å². The third-order valence-electron chi connectivity index (χ3n) is 3.41. The molecule has 1 aromatic carbocycles. The van der Waals surface area contributed by atoms with Crippen molar-refractivity contribution in [3.63, 3.8) is 0 Å². The van der Waals surface area contributed by atoms with Crippen LogP contribution in [-0.4, -0.2) is 27.6 Å². The van der Waals surface area contributed by atoms with Crippen molar-refractivity contribution in [3.8, 4) is 0 Å². The zero-order valence-corrected chi connectivity index (χ0v) is 15.7. The highest BCUT2D eigenvalue weighted by molar-refractivity contribution is 8.26. The molecule has 0 radical (unpaired) electrons. The molecule has 1 aliphatic rings. The van der Waals surface area contributed by atoms with Gasteiger partial charge in [-0.25, -0.2) is 0 Å². The van der Waals surface area contributed by atoms with Gasteiger partial charge in [-0.3, -0.25) is 9.69 Å². The first-order valence-electron chi connectivity index (χ1n) is 7.29. The van der Waals surface area contributed by atoms with Crippen LogP contribution in [0.1, 0.15) is 31.2 Å². The van der Waals surface area contributed by atoms with E-state index in [0.717, 1.165) is 0 Å². The third kappa shape index (κ3) is 4.96. The van der Waals surface area contributed by atoms with Crippen LogP contribution in [0.3, 0.4) is 0 Å². The largest absolute Gasteiger partial charge is 0.550 e. The summed E-state index contributed by atoms with van der Waals surface area (Å²) in [6, 6.07) is 5.15. The van der Waals surface area contributed by atoms with Gasteiger partial charge in [-0.1, -0.05) is 59.7 Å². The highest BCUT2D eigenvalue weighted by Crippen LogP contribution is 2.35. The van der Waals surface area contributed by atoms with Crippen molar-refractivity contribution in [2.75, 3.05) is 6.54 Å². The molecule has 8 heteroatoms. The Morgan fingerprint density at radius 2 is 1.92 bits per heavy atom. The number of benzene rings is 1. The van der Waals surface area contributed by atoms with E-state index in [-0.39, 0.29) is 12.3 Å². The van der Waals surface area contributed by atoms with Gasteiger partial charge in [0.1, 0.15) is 4.32 Å². The first-order valence-corrected chi connectivity index (χ1v) is 9.27. The lowest BCUT2D eigenvalue weighted by molar-refractivity contribution is -0.305. The molecule has 0 spiro atoms. The van der Waals surface area contributed by atoms with Gasteiger partial charge in [0.2, 0.25) is 0 Å². The molecular formula is C16H14Cl2NO3S2-. The summed E-state index contributed by atoms with van der Waals surface area (Å²) in [6.07, 6.45) is 3.59. The molecule has 1 aliphatic heterocycles. The molecule has 1 fully saturated rings. The van der Waals surface area contributed by atoms with Gasteiger partial charge in [-0.2, -0.15) is 0 Å². The maximum Gasteiger partial charge on any atom is 0.266 e. The number of aliphatic carboxylic acids is 1. The maximum absolute atomic E-state index is 12.5. The van der Waals surface area contributed by atoms with Gasteiger partial charge in [-0.15, -0.1) is 0 Å². The van der Waals surface area contributed by atoms with Crippen molar-refractivity contribution in [3.05, 3.63) is 38.7 Å². The normalized spacial score (nSPS) is 16.2. The monoisotopic (exact) mass is 402 g/mol. The van der Waals surface area contributed by atoms with Gasteiger partial charge in [0.15, 0.2) is 0 Å². The number of nitrogens with zero attached hydrogens (tertiary/aromatic N) is 1. The smallest absolute Gasteiger partial charge is 0.266 e. The molecule has 0 N–H and O–H groups in total. The molecule has 1 amide bonds. The molecule has 0 bridgehead atoms. The summed E-state index contributed by atoms with van der Waals surface area (Å²) in [5, 5.41) is 11.3. The highest BCUT2D eigenvalue weighted by atomic mass is 35.5. The van der Waals surface area contributed by atoms with Crippen molar-refractivity contribution in [1.82, 2.24) is 4.90 Å². The lowest BCUT2D eigenvalue weighted by Crippen LogP contribution is -2.29. The van der Waals surface area contributed by atoms with Crippen molar-refractivity contribution < 1.29 is 14.7 Å². The molecule has 0 aromatic heterocycles. The maximum atomic E-state index is 12.5. The van der Waals surface area contributed by atoms with E-state index >= 15 is 0 Å². The molecule has 4 nitrogen and oxygen atoms in total. The fourth-order valence-electron chi connectivity index (χ4n) is 2.19. The Bertz CT molecular complexity index is 686. The Balaban J connectivity index is 2.01. The van der Waals surface area contributed by atoms with Gasteiger partial charge in [-0.05, 0) is 37.5 Å². The predicted octanol–water partition coefficient (Wildman–Crippen LogP) is 3.50. The second-order valence-corrected chi connectivity index (χ2v) is 7.64. The molecule has 1 saturated heterocycles. The first-order chi connectivity index (χ1) is 11.4. The summed E-state index contributed by atoms with van der Waals surface area (Å²) in [4.78, 5) is 24.8. The van der Waals surface area contributed by atoms with Crippen molar-refractivity contribution >= 4 is 69.5 Å². The number of hydrogen-bond acceptors (Lipinski definition) is 5. The summed E-state index contributed by atoms with van der Waals surface area (Å²) in [5.74, 6) is -1.24. The molecule has 0 unspecified atom stereocenters. The van der Waals surface area contributed by atoms with Gasteiger partial charge in [0, 0.05) is 28.1 Å². The summed E-state index contributed by atoms with van der Waals surface area (Å²) in [5.41, 5.74) is 0.593. The molecule has 0 aliphatic carbocycles. The topological polar surface area (TPSA) is 60.4 Å². The van der Waals surface area contributed by atoms with Gasteiger partial charge in [0.05, 0.1) is 4.91 Å². The fraction of sp³-hybridized carbons (Fsp3) is 0.312. The standard InChI is InChI=1S/C16H15Cl2NO3S2/c17-11-5-4-6-12(18)10(11)9-13-15(22)19(16(23)24-13)8-3-1-2-7-14(20)21/h4-6,9H,1-3,7-8H2,(H,20,21)/p-1/b13-9+. The Hall–Kier alpha value is -1.08. The summed E-state index contributed by atoms with van der Waals surface area (Å²) in [7, 11) is 0. The van der Waals surface area contributed by atoms with Crippen molar-refractivity contribution in [2.45, 2.75) is 25.7 Å². The Labute approximate surface area is 159 Å². The Kier molecular flexibility index (Phi) is 7.10. The number of rotatable bonds is 7. The van der Waals surface area contributed by atoms with Gasteiger partial charge < -0.3 is 9.90 Å². The molecule has 24 heavy (non-hydrogen) atoms. The molecule has 1 heterocycles. The van der Waals surface area contributed by atoms with Gasteiger partial charge >= 0.3 is 0 Å². The van der Waals surface area contributed by atoms with Crippen LogP contribution in [0.2, 0.25) is 10.0 Å². The minimum atomic E-state index is -1.06. The number of hydrogen-bond donors (Lipinski definition) is 0. The zero-order chi connectivity index (χ0) is 17.7. The fourth-order valence-corrected chi connectivity index (χ4v) is 3.99. The molecule has 0 atom stereocenters. The predicted molar refractivity (Wildman–Crippen MR) is 99.8 cm³/mol. The number of carbonyl (C=O) groups excluding carboxylic acids is 2. The van der Waals surface area contributed by atoms with E-state index in [1.807, 2.05) is 0 Å². The first kappa shape index (κ1) is 19.2. The number of carboxylic acids is 1. The van der Waals surface area contributed by atoms with Gasteiger partial charge in [0.25, 0.3) is 5.91 Å². The summed E-state index contributed by atoms with van der Waals surface area (Å²) < 4.78 is 0.481. The van der Waals surface area contributed by atoms with E-state index in [9.17, 15) is 14.7 Å². The number of unbranched alkanes of at least 4 members (excludes halogenated alkanes) is 2. The average molecular weight is 403 g/mol. The summed E-state index contributed by atoms with van der Waals surface area (Å²) >= 11 is 18.7. The lowest BCUT2D eigenvalue weighted by atomic mass is 10.2. The SMILES string of the molecule is O=C([O-])CCCCCN1C(=O)/C(=C\c2c(Cl)cccc2Cl)SC1=S. The minimum Gasteiger partial charge on any atom is -0.550 e. The number of amides is 1. The van der Waals surface area contributed by atoms with Crippen LogP contribution >= 0.6 is 47.2 Å². The molecule has 128 valence electrons. The molecule has 0 saturated carbocycles. The van der Waals surface area contributed by atoms with Crippen LogP contribution in [-0.2, 0) is 9.59 Å². The van der Waals surface area contributed by atoms with Crippen LogP contribution in [0, 0.1) is 0 Å². The second-order valence-electron chi connectivity index (χ2n) is 5.15. The summed E-state index contributed by atoms with van der Waals surface area (Å²) in [6.45, 7) is 0.464. The van der Waals surface area contributed by atoms with Crippen LogP contribution < -0.4 is 5.11 Å². The molecule has 2 rings (SSSR count). The van der Waals surface area contributed by atoms with Crippen LogP contribution in [0.15, 0.2) is 23.1 Å².